The predicted molar refractivity (Wildman–Crippen MR) is 91.1 cm³/mol. The number of carbonyl (C=O) groups is 2. The van der Waals surface area contributed by atoms with Gasteiger partial charge in [0.05, 0.1) is 12.1 Å². The average molecular weight is 456 g/mol. The minimum atomic E-state index is -0.506. The maximum Gasteiger partial charge on any atom is 0.344 e. The molecule has 124 valence electrons. The highest BCUT2D eigenvalue weighted by Gasteiger charge is 2.20. The van der Waals surface area contributed by atoms with Gasteiger partial charge >= 0.3 is 5.97 Å². The Hall–Kier alpha value is -1.87. The molecule has 0 bridgehead atoms. The molecule has 0 fully saturated rings. The van der Waals surface area contributed by atoms with Gasteiger partial charge in [-0.05, 0) is 44.9 Å². The monoisotopic (exact) mass is 454 g/mol. The summed E-state index contributed by atoms with van der Waals surface area (Å²) in [5.41, 5.74) is 1.19. The van der Waals surface area contributed by atoms with Crippen molar-refractivity contribution in [3.8, 4) is 0 Å². The molecule has 1 aliphatic rings. The second-order valence-electron chi connectivity index (χ2n) is 5.21. The fraction of sp³-hybridized carbons (Fsp3) is 0.267. The number of halogens is 2. The van der Waals surface area contributed by atoms with Gasteiger partial charge in [0.25, 0.3) is 0 Å². The molecular weight excluding hydrogens is 444 g/mol. The summed E-state index contributed by atoms with van der Waals surface area (Å²) in [6, 6.07) is 3.42. The summed E-state index contributed by atoms with van der Waals surface area (Å²) in [7, 11) is 0. The molecule has 24 heavy (non-hydrogen) atoms. The molecule has 0 spiro atoms. The zero-order chi connectivity index (χ0) is 17.1. The van der Waals surface area contributed by atoms with Crippen LogP contribution in [0.1, 0.15) is 35.2 Å². The first kappa shape index (κ1) is 17.0. The standard InChI is InChI=1S/C15H12Br2N4O3/c16-13-5-4-11(14(17)12(13)7-21-8-18-19-20-21)15(23)24-10-3-1-2-9(22)6-10/h4-6,8H,1-3,7H2. The lowest BCUT2D eigenvalue weighted by Gasteiger charge is -2.14. The summed E-state index contributed by atoms with van der Waals surface area (Å²) < 4.78 is 8.32. The van der Waals surface area contributed by atoms with E-state index in [1.807, 2.05) is 0 Å². The smallest absolute Gasteiger partial charge is 0.344 e. The lowest BCUT2D eigenvalue weighted by molar-refractivity contribution is -0.115. The van der Waals surface area contributed by atoms with Gasteiger partial charge in [0.2, 0.25) is 0 Å². The Morgan fingerprint density at radius 3 is 2.83 bits per heavy atom. The number of ether oxygens (including phenoxy) is 1. The van der Waals surface area contributed by atoms with Crippen molar-refractivity contribution in [2.75, 3.05) is 0 Å². The molecule has 7 nitrogen and oxygen atoms in total. The molecule has 0 radical (unpaired) electrons. The summed E-state index contributed by atoms with van der Waals surface area (Å²) in [6.45, 7) is 0.385. The van der Waals surface area contributed by atoms with Gasteiger partial charge < -0.3 is 4.74 Å². The van der Waals surface area contributed by atoms with Gasteiger partial charge in [0.1, 0.15) is 12.1 Å². The van der Waals surface area contributed by atoms with Gasteiger partial charge in [-0.3, -0.25) is 4.79 Å². The van der Waals surface area contributed by atoms with Crippen LogP contribution in [0, 0.1) is 0 Å². The van der Waals surface area contributed by atoms with E-state index in [0.717, 1.165) is 10.0 Å². The zero-order valence-corrected chi connectivity index (χ0v) is 15.6. The number of carbonyl (C=O) groups excluding carboxylic acids is 2. The van der Waals surface area contributed by atoms with Crippen molar-refractivity contribution in [2.24, 2.45) is 0 Å². The summed E-state index contributed by atoms with van der Waals surface area (Å²) in [5.74, 6) is -0.111. The van der Waals surface area contributed by atoms with E-state index in [4.69, 9.17) is 4.74 Å². The van der Waals surface area contributed by atoms with Crippen LogP contribution in [0.15, 0.2) is 39.2 Å². The number of tetrazole rings is 1. The minimum Gasteiger partial charge on any atom is -0.427 e. The summed E-state index contributed by atoms with van der Waals surface area (Å²) >= 11 is 6.92. The lowest BCUT2D eigenvalue weighted by Crippen LogP contribution is -2.12. The van der Waals surface area contributed by atoms with Crippen LogP contribution in [-0.2, 0) is 16.1 Å². The second-order valence-corrected chi connectivity index (χ2v) is 6.86. The zero-order valence-electron chi connectivity index (χ0n) is 12.4. The van der Waals surface area contributed by atoms with Gasteiger partial charge in [-0.2, -0.15) is 0 Å². The second kappa shape index (κ2) is 7.35. The molecule has 1 aliphatic carbocycles. The van der Waals surface area contributed by atoms with E-state index >= 15 is 0 Å². The largest absolute Gasteiger partial charge is 0.427 e. The van der Waals surface area contributed by atoms with Crippen molar-refractivity contribution < 1.29 is 14.3 Å². The molecule has 0 amide bonds. The van der Waals surface area contributed by atoms with E-state index in [2.05, 4.69) is 47.4 Å². The Labute approximate surface area is 154 Å². The van der Waals surface area contributed by atoms with Crippen molar-refractivity contribution in [3.05, 3.63) is 50.4 Å². The summed E-state index contributed by atoms with van der Waals surface area (Å²) in [4.78, 5) is 23.9. The molecule has 1 aromatic carbocycles. The molecule has 0 saturated heterocycles. The van der Waals surface area contributed by atoms with Crippen LogP contribution in [0.5, 0.6) is 0 Å². The Morgan fingerprint density at radius 1 is 1.29 bits per heavy atom. The van der Waals surface area contributed by atoms with E-state index in [9.17, 15) is 9.59 Å². The molecule has 2 aromatic rings. The number of allylic oxidation sites excluding steroid dienone is 2. The molecule has 0 N–H and O–H groups in total. The van der Waals surface area contributed by atoms with E-state index in [1.54, 1.807) is 16.8 Å². The average Bonchev–Trinajstić information content (AvgIpc) is 3.04. The number of benzene rings is 1. The summed E-state index contributed by atoms with van der Waals surface area (Å²) in [5, 5.41) is 11.0. The van der Waals surface area contributed by atoms with E-state index < -0.39 is 5.97 Å². The number of nitrogens with zero attached hydrogens (tertiary/aromatic N) is 4. The molecular formula is C15H12Br2N4O3. The SMILES string of the molecule is O=C1C=C(OC(=O)c2ccc(Br)c(Cn3cnnn3)c2Br)CCC1. The topological polar surface area (TPSA) is 87.0 Å². The fourth-order valence-corrected chi connectivity index (χ4v) is 3.69. The maximum atomic E-state index is 12.4. The third-order valence-corrected chi connectivity index (χ3v) is 5.16. The molecule has 1 heterocycles. The Kier molecular flexibility index (Phi) is 5.20. The Morgan fingerprint density at radius 2 is 2.12 bits per heavy atom. The first-order chi connectivity index (χ1) is 11.5. The highest BCUT2D eigenvalue weighted by atomic mass is 79.9. The number of rotatable bonds is 4. The van der Waals surface area contributed by atoms with Gasteiger partial charge in [0.15, 0.2) is 5.78 Å². The molecule has 9 heteroatoms. The highest BCUT2D eigenvalue weighted by molar-refractivity contribution is 9.11. The number of esters is 1. The first-order valence-electron chi connectivity index (χ1n) is 7.18. The fourth-order valence-electron chi connectivity index (χ4n) is 2.33. The van der Waals surface area contributed by atoms with E-state index in [-0.39, 0.29) is 5.78 Å². The molecule has 0 unspecified atom stereocenters. The third-order valence-electron chi connectivity index (χ3n) is 3.51. The first-order valence-corrected chi connectivity index (χ1v) is 8.76. The third kappa shape index (κ3) is 3.78. The Bertz CT molecular complexity index is 818. The van der Waals surface area contributed by atoms with Gasteiger partial charge in [-0.25, -0.2) is 9.48 Å². The molecule has 0 aliphatic heterocycles. The van der Waals surface area contributed by atoms with Crippen molar-refractivity contribution in [2.45, 2.75) is 25.8 Å². The quantitative estimate of drug-likeness (QED) is 0.658. The van der Waals surface area contributed by atoms with Crippen LogP contribution in [0.2, 0.25) is 0 Å². The number of hydrogen-bond acceptors (Lipinski definition) is 6. The van der Waals surface area contributed by atoms with Crippen LogP contribution in [0.4, 0.5) is 0 Å². The van der Waals surface area contributed by atoms with Gasteiger partial charge in [-0.1, -0.05) is 15.9 Å². The van der Waals surface area contributed by atoms with Crippen LogP contribution < -0.4 is 0 Å². The maximum absolute atomic E-state index is 12.4. The number of ketones is 1. The normalized spacial score (nSPS) is 14.4. The van der Waals surface area contributed by atoms with Crippen molar-refractivity contribution in [1.82, 2.24) is 20.2 Å². The highest BCUT2D eigenvalue weighted by Crippen LogP contribution is 2.31. The molecule has 0 atom stereocenters. The van der Waals surface area contributed by atoms with Gasteiger partial charge in [0, 0.05) is 33.4 Å². The van der Waals surface area contributed by atoms with Crippen LogP contribution in [0.25, 0.3) is 0 Å². The summed E-state index contributed by atoms with van der Waals surface area (Å²) in [6.07, 6.45) is 4.67. The van der Waals surface area contributed by atoms with Crippen molar-refractivity contribution in [3.63, 3.8) is 0 Å². The number of aromatic nitrogens is 4. The van der Waals surface area contributed by atoms with Crippen molar-refractivity contribution >= 4 is 43.6 Å². The van der Waals surface area contributed by atoms with Gasteiger partial charge in [-0.15, -0.1) is 5.10 Å². The predicted octanol–water partition coefficient (Wildman–Crippen LogP) is 3.04. The lowest BCUT2D eigenvalue weighted by atomic mass is 10.1. The van der Waals surface area contributed by atoms with Crippen LogP contribution in [-0.4, -0.2) is 32.0 Å². The minimum absolute atomic E-state index is 0.0155. The van der Waals surface area contributed by atoms with E-state index in [1.165, 1.54) is 12.4 Å². The molecule has 1 aromatic heterocycles. The van der Waals surface area contributed by atoms with Crippen molar-refractivity contribution in [1.29, 1.82) is 0 Å². The van der Waals surface area contributed by atoms with Crippen LogP contribution in [0.3, 0.4) is 0 Å². The number of hydrogen-bond donors (Lipinski definition) is 0. The molecule has 0 saturated carbocycles. The van der Waals surface area contributed by atoms with Crippen LogP contribution >= 0.6 is 31.9 Å². The Balaban J connectivity index is 1.85. The van der Waals surface area contributed by atoms with E-state index in [0.29, 0.717) is 41.6 Å². The molecule has 3 rings (SSSR count).